The van der Waals surface area contributed by atoms with Gasteiger partial charge in [-0.15, -0.1) is 0 Å². The Hall–Kier alpha value is -1.57. The van der Waals surface area contributed by atoms with E-state index >= 15 is 0 Å². The number of anilines is 1. The maximum atomic E-state index is 11.5. The average Bonchev–Trinajstić information content (AvgIpc) is 2.74. The maximum absolute atomic E-state index is 11.5. The predicted molar refractivity (Wildman–Crippen MR) is 74.5 cm³/mol. The number of nitrogens with zero attached hydrogens (tertiary/aromatic N) is 1. The van der Waals surface area contributed by atoms with Gasteiger partial charge in [0.25, 0.3) is 5.91 Å². The van der Waals surface area contributed by atoms with Gasteiger partial charge in [-0.2, -0.15) is 0 Å². The van der Waals surface area contributed by atoms with Crippen LogP contribution >= 0.6 is 22.6 Å². The minimum atomic E-state index is -0.276. The van der Waals surface area contributed by atoms with E-state index in [4.69, 9.17) is 9.26 Å². The number of aryl methyl sites for hydroxylation is 1. The monoisotopic (exact) mass is 358 g/mol. The van der Waals surface area contributed by atoms with E-state index in [1.54, 1.807) is 13.0 Å². The Morgan fingerprint density at radius 3 is 2.78 bits per heavy atom. The van der Waals surface area contributed by atoms with Crippen LogP contribution < -0.4 is 10.1 Å². The van der Waals surface area contributed by atoms with Crippen molar-refractivity contribution in [2.45, 2.75) is 6.92 Å². The topological polar surface area (TPSA) is 64.4 Å². The molecule has 0 aliphatic rings. The fourth-order valence-electron chi connectivity index (χ4n) is 1.28. The Morgan fingerprint density at radius 1 is 1.44 bits per heavy atom. The van der Waals surface area contributed by atoms with Crippen LogP contribution in [0, 0.1) is 10.5 Å². The molecule has 18 heavy (non-hydrogen) atoms. The first-order valence-corrected chi connectivity index (χ1v) is 6.33. The van der Waals surface area contributed by atoms with Crippen LogP contribution in [0.25, 0.3) is 0 Å². The number of halogens is 1. The molecule has 2 rings (SSSR count). The third kappa shape index (κ3) is 3.73. The summed E-state index contributed by atoms with van der Waals surface area (Å²) in [4.78, 5) is 11.5. The first-order valence-electron chi connectivity index (χ1n) is 5.25. The van der Waals surface area contributed by atoms with Gasteiger partial charge in [-0.1, -0.05) is 5.16 Å². The van der Waals surface area contributed by atoms with Gasteiger partial charge < -0.3 is 14.6 Å². The molecule has 0 radical (unpaired) electrons. The summed E-state index contributed by atoms with van der Waals surface area (Å²) in [6.45, 7) is 1.69. The molecule has 0 unspecified atom stereocenters. The zero-order valence-corrected chi connectivity index (χ0v) is 11.8. The van der Waals surface area contributed by atoms with Gasteiger partial charge in [0.1, 0.15) is 11.5 Å². The van der Waals surface area contributed by atoms with Crippen LogP contribution in [-0.2, 0) is 4.79 Å². The molecule has 94 valence electrons. The normalized spacial score (nSPS) is 10.1. The summed E-state index contributed by atoms with van der Waals surface area (Å²) in [6, 6.07) is 9.09. The largest absolute Gasteiger partial charge is 0.484 e. The number of carbonyl (C=O) groups excluding carboxylic acids is 1. The minimum Gasteiger partial charge on any atom is -0.484 e. The number of benzene rings is 1. The molecule has 0 spiro atoms. The molecule has 1 heterocycles. The quantitative estimate of drug-likeness (QED) is 0.854. The van der Waals surface area contributed by atoms with Crippen LogP contribution in [-0.4, -0.2) is 17.7 Å². The fourth-order valence-corrected chi connectivity index (χ4v) is 1.64. The molecular formula is C12H11IN2O3. The molecular weight excluding hydrogens is 347 g/mol. The van der Waals surface area contributed by atoms with Gasteiger partial charge in [-0.3, -0.25) is 4.79 Å². The second kappa shape index (κ2) is 5.85. The summed E-state index contributed by atoms with van der Waals surface area (Å²) in [5.74, 6) is 1.41. The van der Waals surface area contributed by atoms with Crippen LogP contribution in [0.4, 0.5) is 5.82 Å². The fraction of sp³-hybridized carbons (Fsp3) is 0.167. The number of aromatic nitrogens is 1. The van der Waals surface area contributed by atoms with Crippen LogP contribution in [0.2, 0.25) is 0 Å². The summed E-state index contributed by atoms with van der Waals surface area (Å²) in [7, 11) is 0. The van der Waals surface area contributed by atoms with E-state index in [1.165, 1.54) is 0 Å². The highest BCUT2D eigenvalue weighted by Gasteiger charge is 2.06. The standard InChI is InChI=1S/C12H11IN2O3/c1-8-6-11(15-18-8)14-12(16)7-17-10-4-2-9(13)3-5-10/h2-6H,7H2,1H3,(H,14,15,16). The third-order valence-electron chi connectivity index (χ3n) is 2.08. The molecule has 1 N–H and O–H groups in total. The Kier molecular flexibility index (Phi) is 4.19. The van der Waals surface area contributed by atoms with Crippen molar-refractivity contribution in [2.75, 3.05) is 11.9 Å². The lowest BCUT2D eigenvalue weighted by atomic mass is 10.3. The average molecular weight is 358 g/mol. The number of ether oxygens (including phenoxy) is 1. The zero-order chi connectivity index (χ0) is 13.0. The molecule has 0 bridgehead atoms. The van der Waals surface area contributed by atoms with Crippen LogP contribution in [0.1, 0.15) is 5.76 Å². The van der Waals surface area contributed by atoms with Gasteiger partial charge in [0.15, 0.2) is 12.4 Å². The van der Waals surface area contributed by atoms with Gasteiger partial charge in [-0.25, -0.2) is 0 Å². The lowest BCUT2D eigenvalue weighted by Gasteiger charge is -2.05. The molecule has 1 aromatic carbocycles. The molecule has 1 amide bonds. The van der Waals surface area contributed by atoms with Crippen molar-refractivity contribution < 1.29 is 14.1 Å². The van der Waals surface area contributed by atoms with Crippen molar-refractivity contribution in [3.8, 4) is 5.75 Å². The lowest BCUT2D eigenvalue weighted by molar-refractivity contribution is -0.118. The summed E-state index contributed by atoms with van der Waals surface area (Å²) in [5.41, 5.74) is 0. The Labute approximate surface area is 118 Å². The summed E-state index contributed by atoms with van der Waals surface area (Å²) in [5, 5.41) is 6.23. The Bertz CT molecular complexity index is 537. The van der Waals surface area contributed by atoms with Crippen molar-refractivity contribution in [2.24, 2.45) is 0 Å². The highest BCUT2D eigenvalue weighted by atomic mass is 127. The van der Waals surface area contributed by atoms with Crippen molar-refractivity contribution in [3.05, 3.63) is 39.7 Å². The van der Waals surface area contributed by atoms with Crippen LogP contribution in [0.15, 0.2) is 34.9 Å². The van der Waals surface area contributed by atoms with E-state index in [0.717, 1.165) is 3.57 Å². The molecule has 0 saturated carbocycles. The van der Waals surface area contributed by atoms with E-state index in [0.29, 0.717) is 17.3 Å². The Balaban J connectivity index is 1.83. The molecule has 0 aliphatic heterocycles. The van der Waals surface area contributed by atoms with Crippen LogP contribution in [0.5, 0.6) is 5.75 Å². The van der Waals surface area contributed by atoms with Gasteiger partial charge in [0.2, 0.25) is 0 Å². The van der Waals surface area contributed by atoms with E-state index in [1.807, 2.05) is 24.3 Å². The summed E-state index contributed by atoms with van der Waals surface area (Å²) in [6.07, 6.45) is 0. The minimum absolute atomic E-state index is 0.0630. The van der Waals surface area contributed by atoms with E-state index < -0.39 is 0 Å². The number of rotatable bonds is 4. The Morgan fingerprint density at radius 2 is 2.17 bits per heavy atom. The third-order valence-corrected chi connectivity index (χ3v) is 2.80. The number of carbonyl (C=O) groups is 1. The second-order valence-electron chi connectivity index (χ2n) is 3.61. The maximum Gasteiger partial charge on any atom is 0.263 e. The number of nitrogens with one attached hydrogen (secondary N) is 1. The highest BCUT2D eigenvalue weighted by Crippen LogP contribution is 2.13. The van der Waals surface area contributed by atoms with Crippen molar-refractivity contribution in [1.82, 2.24) is 5.16 Å². The van der Waals surface area contributed by atoms with Gasteiger partial charge in [-0.05, 0) is 53.8 Å². The first-order chi connectivity index (χ1) is 8.63. The van der Waals surface area contributed by atoms with Crippen molar-refractivity contribution >= 4 is 34.3 Å². The predicted octanol–water partition coefficient (Wildman–Crippen LogP) is 2.61. The number of hydrogen-bond acceptors (Lipinski definition) is 4. The number of hydrogen-bond donors (Lipinski definition) is 1. The van der Waals surface area contributed by atoms with Gasteiger partial charge in [0, 0.05) is 9.64 Å². The number of amides is 1. The van der Waals surface area contributed by atoms with Gasteiger partial charge in [0.05, 0.1) is 0 Å². The molecule has 5 nitrogen and oxygen atoms in total. The summed E-state index contributed by atoms with van der Waals surface area (Å²) >= 11 is 2.20. The molecule has 2 aromatic rings. The molecule has 0 fully saturated rings. The molecule has 0 aliphatic carbocycles. The first kappa shape index (κ1) is 12.9. The van der Waals surface area contributed by atoms with Crippen LogP contribution in [0.3, 0.4) is 0 Å². The molecule has 0 atom stereocenters. The SMILES string of the molecule is Cc1cc(NC(=O)COc2ccc(I)cc2)no1. The van der Waals surface area contributed by atoms with Gasteiger partial charge >= 0.3 is 0 Å². The van der Waals surface area contributed by atoms with E-state index in [9.17, 15) is 4.79 Å². The zero-order valence-electron chi connectivity index (χ0n) is 9.64. The van der Waals surface area contributed by atoms with E-state index in [2.05, 4.69) is 33.1 Å². The van der Waals surface area contributed by atoms with Crippen molar-refractivity contribution in [3.63, 3.8) is 0 Å². The molecule has 6 heteroatoms. The highest BCUT2D eigenvalue weighted by molar-refractivity contribution is 14.1. The smallest absolute Gasteiger partial charge is 0.263 e. The molecule has 0 saturated heterocycles. The summed E-state index contributed by atoms with van der Waals surface area (Å²) < 4.78 is 11.3. The molecule has 1 aromatic heterocycles. The van der Waals surface area contributed by atoms with E-state index in [-0.39, 0.29) is 12.5 Å². The van der Waals surface area contributed by atoms with Crippen molar-refractivity contribution in [1.29, 1.82) is 0 Å². The second-order valence-corrected chi connectivity index (χ2v) is 4.86. The lowest BCUT2D eigenvalue weighted by Crippen LogP contribution is -2.20.